The van der Waals surface area contributed by atoms with Gasteiger partial charge >= 0.3 is 12.1 Å². The molecule has 1 aliphatic heterocycles. The first-order chi connectivity index (χ1) is 21.5. The van der Waals surface area contributed by atoms with Crippen molar-refractivity contribution in [2.45, 2.75) is 75.9 Å². The Kier molecular flexibility index (Phi) is 7.86. The van der Waals surface area contributed by atoms with Crippen molar-refractivity contribution in [3.8, 4) is 11.5 Å². The van der Waals surface area contributed by atoms with E-state index in [4.69, 9.17) is 26.0 Å². The molecule has 1 heterocycles. The summed E-state index contributed by atoms with van der Waals surface area (Å²) in [5.74, 6) is -0.753. The summed E-state index contributed by atoms with van der Waals surface area (Å²) in [7, 11) is 0. The standard InChI is InChI=1S/C31H40N6O8/c1-2-37(11-10-34-27(42)19(4-3-9-35-28(32)33)36-22(39)12-23(40)41)29(43)44-21-8-5-16-13-30-14-18(30)17-6-7-20(38)26-31(17,15-30)24(16)25(21)45-26/h5,8,17-19,26H,2-4,6-7,9-15H2,1H3,(H,34,42)(H,36,39)(H,40,41)(H4,32,33,35)/t17?,18-,19-,26-,30?,31-/m0/s1. The molecule has 7 N–H and O–H groups in total. The number of aliphatic imine (C=N–C) groups is 1. The lowest BCUT2D eigenvalue weighted by molar-refractivity contribution is -0.141. The predicted octanol–water partition coefficient (Wildman–Crippen LogP) is 0.581. The second-order valence-electron chi connectivity index (χ2n) is 13.0. The Balaban J connectivity index is 1.09. The van der Waals surface area contributed by atoms with E-state index in [-0.39, 0.29) is 48.6 Å². The van der Waals surface area contributed by atoms with Crippen molar-refractivity contribution in [1.29, 1.82) is 0 Å². The number of fused-ring (bicyclic) bond motifs is 1. The van der Waals surface area contributed by atoms with Gasteiger partial charge in [0.25, 0.3) is 0 Å². The Morgan fingerprint density at radius 3 is 2.78 bits per heavy atom. The van der Waals surface area contributed by atoms with Crippen molar-refractivity contribution in [3.63, 3.8) is 0 Å². The smallest absolute Gasteiger partial charge is 0.415 e. The summed E-state index contributed by atoms with van der Waals surface area (Å²) < 4.78 is 12.3. The molecule has 2 bridgehead atoms. The minimum atomic E-state index is -1.32. The van der Waals surface area contributed by atoms with Crippen molar-refractivity contribution < 1.29 is 38.6 Å². The van der Waals surface area contributed by atoms with E-state index in [1.807, 2.05) is 6.07 Å². The highest BCUT2D eigenvalue weighted by molar-refractivity contribution is 5.96. The molecule has 5 aliphatic rings. The SMILES string of the molecule is CCN(CCNC(=O)[C@H](CCCN=C(N)N)NC(=O)CC(=O)O)C(=O)Oc1ccc2c3c1O[C@H]1C(=O)CCC4[C@@H]5CC5(C2)C[C@@]341. The van der Waals surface area contributed by atoms with Crippen LogP contribution in [0.15, 0.2) is 17.1 Å². The number of carbonyl (C=O) groups is 5. The van der Waals surface area contributed by atoms with Crippen molar-refractivity contribution in [2.24, 2.45) is 33.7 Å². The normalized spacial score (nSPS) is 28.1. The molecule has 2 unspecified atom stereocenters. The monoisotopic (exact) mass is 624 g/mol. The molecule has 14 heteroatoms. The van der Waals surface area contributed by atoms with E-state index in [1.165, 1.54) is 16.9 Å². The number of aliphatic carboxylic acids is 1. The van der Waals surface area contributed by atoms with Crippen LogP contribution in [0, 0.1) is 17.3 Å². The zero-order valence-electron chi connectivity index (χ0n) is 25.3. The van der Waals surface area contributed by atoms with E-state index in [1.54, 1.807) is 13.0 Å². The molecule has 45 heavy (non-hydrogen) atoms. The van der Waals surface area contributed by atoms with Crippen LogP contribution < -0.4 is 31.6 Å². The fourth-order valence-corrected chi connectivity index (χ4v) is 8.61. The van der Waals surface area contributed by atoms with E-state index in [9.17, 15) is 24.0 Å². The topological polar surface area (TPSA) is 216 Å². The van der Waals surface area contributed by atoms with Crippen molar-refractivity contribution in [2.75, 3.05) is 26.2 Å². The molecule has 14 nitrogen and oxygen atoms in total. The number of ether oxygens (including phenoxy) is 2. The van der Waals surface area contributed by atoms with E-state index in [2.05, 4.69) is 15.6 Å². The molecule has 1 aromatic carbocycles. The first-order valence-corrected chi connectivity index (χ1v) is 15.7. The van der Waals surface area contributed by atoms with E-state index in [0.717, 1.165) is 24.8 Å². The van der Waals surface area contributed by atoms with E-state index < -0.39 is 42.4 Å². The maximum atomic E-state index is 13.3. The van der Waals surface area contributed by atoms with Gasteiger partial charge in [0.05, 0.1) is 0 Å². The predicted molar refractivity (Wildman–Crippen MR) is 160 cm³/mol. The summed E-state index contributed by atoms with van der Waals surface area (Å²) in [6, 6.07) is 2.77. The number of hydrogen-bond acceptors (Lipinski definition) is 8. The zero-order valence-corrected chi connectivity index (χ0v) is 25.3. The van der Waals surface area contributed by atoms with Crippen LogP contribution in [0.1, 0.15) is 63.0 Å². The number of likely N-dealkylation sites (N-methyl/N-ethyl adjacent to an activating group) is 1. The van der Waals surface area contributed by atoms with Crippen LogP contribution in [-0.2, 0) is 31.0 Å². The molecule has 4 aliphatic carbocycles. The molecular formula is C31H40N6O8. The number of Topliss-reactive ketones (excluding diaryl/α,β-unsaturated/α-hetero) is 1. The Morgan fingerprint density at radius 1 is 1.24 bits per heavy atom. The largest absolute Gasteiger partial charge is 0.481 e. The number of carbonyl (C=O) groups excluding carboxylic acids is 4. The number of nitrogens with two attached hydrogens (primary N) is 2. The summed E-state index contributed by atoms with van der Waals surface area (Å²) in [4.78, 5) is 67.6. The molecule has 6 atom stereocenters. The van der Waals surface area contributed by atoms with Crippen LogP contribution in [0.4, 0.5) is 4.79 Å². The molecule has 0 radical (unpaired) electrons. The summed E-state index contributed by atoms with van der Waals surface area (Å²) in [5, 5.41) is 14.0. The zero-order chi connectivity index (χ0) is 32.1. The maximum Gasteiger partial charge on any atom is 0.415 e. The van der Waals surface area contributed by atoms with Gasteiger partial charge in [0.2, 0.25) is 11.8 Å². The van der Waals surface area contributed by atoms with Gasteiger partial charge in [0.15, 0.2) is 29.3 Å². The number of hydrogen-bond donors (Lipinski definition) is 5. The van der Waals surface area contributed by atoms with Crippen LogP contribution in [0.3, 0.4) is 0 Å². The minimum absolute atomic E-state index is 0.0549. The van der Waals surface area contributed by atoms with Gasteiger partial charge in [-0.3, -0.25) is 24.2 Å². The van der Waals surface area contributed by atoms with Gasteiger partial charge in [-0.1, -0.05) is 6.07 Å². The second kappa shape index (κ2) is 11.5. The summed E-state index contributed by atoms with van der Waals surface area (Å²) in [5.41, 5.74) is 12.9. The van der Waals surface area contributed by atoms with Gasteiger partial charge in [-0.25, -0.2) is 4.79 Å². The average molecular weight is 625 g/mol. The first kappa shape index (κ1) is 30.7. The number of amides is 3. The van der Waals surface area contributed by atoms with Crippen molar-refractivity contribution in [3.05, 3.63) is 23.3 Å². The van der Waals surface area contributed by atoms with Crippen LogP contribution in [0.5, 0.6) is 11.5 Å². The molecule has 3 fully saturated rings. The first-order valence-electron chi connectivity index (χ1n) is 15.7. The highest BCUT2D eigenvalue weighted by Gasteiger charge is 2.78. The third-order valence-corrected chi connectivity index (χ3v) is 10.4. The fourth-order valence-electron chi connectivity index (χ4n) is 8.61. The lowest BCUT2D eigenvalue weighted by Gasteiger charge is -2.44. The van der Waals surface area contributed by atoms with Crippen LogP contribution >= 0.6 is 0 Å². The number of rotatable bonds is 13. The number of carboxylic acids is 1. The number of ketones is 1. The number of nitrogens with one attached hydrogen (secondary N) is 2. The van der Waals surface area contributed by atoms with Crippen LogP contribution in [-0.4, -0.2) is 84.0 Å². The molecule has 1 aromatic rings. The lowest BCUT2D eigenvalue weighted by Crippen LogP contribution is -2.52. The third-order valence-electron chi connectivity index (χ3n) is 10.4. The van der Waals surface area contributed by atoms with Crippen molar-refractivity contribution >= 4 is 35.6 Å². The van der Waals surface area contributed by atoms with Gasteiger partial charge in [-0.05, 0) is 74.3 Å². The molecular weight excluding hydrogens is 584 g/mol. The minimum Gasteiger partial charge on any atom is -0.481 e. The molecule has 3 saturated carbocycles. The molecule has 0 saturated heterocycles. The number of guanidine groups is 1. The van der Waals surface area contributed by atoms with Crippen molar-refractivity contribution in [1.82, 2.24) is 15.5 Å². The highest BCUT2D eigenvalue weighted by Crippen LogP contribution is 2.81. The van der Waals surface area contributed by atoms with Crippen LogP contribution in [0.2, 0.25) is 0 Å². The quantitative estimate of drug-likeness (QED) is 0.0890. The number of benzene rings is 1. The van der Waals surface area contributed by atoms with Gasteiger partial charge in [-0.2, -0.15) is 0 Å². The fraction of sp³-hybridized carbons (Fsp3) is 0.613. The lowest BCUT2D eigenvalue weighted by atomic mass is 9.58. The van der Waals surface area contributed by atoms with Gasteiger partial charge in [-0.15, -0.1) is 0 Å². The highest BCUT2D eigenvalue weighted by atomic mass is 16.6. The molecule has 3 amide bonds. The van der Waals surface area contributed by atoms with Gasteiger partial charge in [0, 0.05) is 43.6 Å². The Bertz CT molecular complexity index is 1480. The molecule has 0 aromatic heterocycles. The Labute approximate surface area is 260 Å². The Hall–Kier alpha value is -4.36. The molecule has 6 rings (SSSR count). The molecule has 2 spiro atoms. The van der Waals surface area contributed by atoms with E-state index in [0.29, 0.717) is 42.7 Å². The third kappa shape index (κ3) is 5.33. The number of carboxylic acid groups (broad SMARTS) is 1. The molecule has 242 valence electrons. The van der Waals surface area contributed by atoms with Gasteiger partial charge < -0.3 is 41.6 Å². The van der Waals surface area contributed by atoms with Crippen LogP contribution in [0.25, 0.3) is 0 Å². The number of nitrogens with zero attached hydrogens (tertiary/aromatic N) is 2. The van der Waals surface area contributed by atoms with E-state index >= 15 is 0 Å². The summed E-state index contributed by atoms with van der Waals surface area (Å²) in [6.45, 7) is 2.47. The maximum absolute atomic E-state index is 13.3. The summed E-state index contributed by atoms with van der Waals surface area (Å²) in [6.07, 6.45) is 3.20. The Morgan fingerprint density at radius 2 is 2.04 bits per heavy atom. The van der Waals surface area contributed by atoms with Gasteiger partial charge in [0.1, 0.15) is 12.5 Å². The summed E-state index contributed by atoms with van der Waals surface area (Å²) >= 11 is 0. The average Bonchev–Trinajstić information content (AvgIpc) is 3.42. The second-order valence-corrected chi connectivity index (χ2v) is 13.0.